The Morgan fingerprint density at radius 2 is 0.951 bits per heavy atom. The third-order valence-electron chi connectivity index (χ3n) is 4.54. The lowest BCUT2D eigenvalue weighted by atomic mass is 10.1. The van der Waals surface area contributed by atoms with E-state index in [4.69, 9.17) is 36.1 Å². The number of anilines is 2. The molecule has 41 heavy (non-hydrogen) atoms. The molecule has 0 unspecified atom stereocenters. The molecule has 19 heteroatoms. The Morgan fingerprint density at radius 1 is 0.683 bits per heavy atom. The van der Waals surface area contributed by atoms with Crippen LogP contribution in [0, 0.1) is 10.8 Å². The molecule has 0 aliphatic heterocycles. The van der Waals surface area contributed by atoms with Crippen molar-refractivity contribution in [2.24, 2.45) is 14.1 Å². The van der Waals surface area contributed by atoms with E-state index in [2.05, 4.69) is 20.2 Å². The van der Waals surface area contributed by atoms with E-state index in [0.29, 0.717) is 35.4 Å². The van der Waals surface area contributed by atoms with Gasteiger partial charge >= 0.3 is 0 Å². The van der Waals surface area contributed by atoms with Crippen LogP contribution in [0.1, 0.15) is 0 Å². The predicted molar refractivity (Wildman–Crippen MR) is 148 cm³/mol. The van der Waals surface area contributed by atoms with Gasteiger partial charge in [0, 0.05) is 25.2 Å². The molecule has 0 amide bonds. The second kappa shape index (κ2) is 13.1. The van der Waals surface area contributed by atoms with Crippen molar-refractivity contribution in [2.75, 3.05) is 24.0 Å². The van der Waals surface area contributed by atoms with Crippen LogP contribution in [0.4, 0.5) is 11.6 Å². The number of nitrogens with zero attached hydrogens (tertiary/aromatic N) is 6. The minimum absolute atomic E-state index is 0.0122. The summed E-state index contributed by atoms with van der Waals surface area (Å²) in [4.78, 5) is 7.95. The Balaban J connectivity index is 0.000000507. The normalized spacial score (nSPS) is 11.0. The Kier molecular flexibility index (Phi) is 10.4. The monoisotopic (exact) mass is 608 g/mol. The third kappa shape index (κ3) is 11.1. The smallest absolute Gasteiger partial charge is 0.261 e. The van der Waals surface area contributed by atoms with Gasteiger partial charge in [-0.15, -0.1) is 0 Å². The maximum absolute atomic E-state index is 9.19. The van der Waals surface area contributed by atoms with Crippen LogP contribution in [-0.4, -0.2) is 68.0 Å². The van der Waals surface area contributed by atoms with E-state index in [1.165, 1.54) is 9.36 Å². The van der Waals surface area contributed by atoms with Crippen molar-refractivity contribution in [1.29, 1.82) is 10.8 Å². The highest BCUT2D eigenvalue weighted by Gasteiger charge is 2.10. The van der Waals surface area contributed by atoms with E-state index < -0.39 is 20.2 Å². The maximum Gasteiger partial charge on any atom is 0.261 e. The van der Waals surface area contributed by atoms with Crippen molar-refractivity contribution in [3.63, 3.8) is 0 Å². The number of ether oxygens (including phenoxy) is 1. The standard InChI is InChI=1S/C20H20N10O.2CH4O3S/c1-29-19(23)25-17(21)15(27-29)11-3-7-13(8-4-11)31-14-9-5-12(6-10-14)16-18(22)26-20(24)30(2)28-16;2*1-5(2,3)4/h3-10H,1-2H3,(H3,21,23,25)(H3,22,24,26);2*1H3,(H,2,3,4). The quantitative estimate of drug-likeness (QED) is 0.169. The number of aryl methyl sites for hydroxylation is 2. The molecule has 0 saturated heterocycles. The van der Waals surface area contributed by atoms with Gasteiger partial charge in [0.1, 0.15) is 22.9 Å². The molecular formula is C22H28N10O7S2. The molecule has 17 nitrogen and oxygen atoms in total. The molecular weight excluding hydrogens is 580 g/mol. The lowest BCUT2D eigenvalue weighted by Crippen LogP contribution is -2.24. The average molecular weight is 609 g/mol. The van der Waals surface area contributed by atoms with Gasteiger partial charge in [-0.1, -0.05) is 0 Å². The van der Waals surface area contributed by atoms with Gasteiger partial charge in [0.15, 0.2) is 11.6 Å². The van der Waals surface area contributed by atoms with Crippen molar-refractivity contribution in [2.45, 2.75) is 0 Å². The minimum Gasteiger partial charge on any atom is -0.457 e. The van der Waals surface area contributed by atoms with Crippen LogP contribution in [0.3, 0.4) is 0 Å². The summed E-state index contributed by atoms with van der Waals surface area (Å²) in [5.41, 5.74) is 14.3. The van der Waals surface area contributed by atoms with E-state index in [0.717, 1.165) is 11.1 Å². The van der Waals surface area contributed by atoms with E-state index >= 15 is 0 Å². The number of hydrogen-bond donors (Lipinski definition) is 6. The molecule has 2 aromatic heterocycles. The highest BCUT2D eigenvalue weighted by atomic mass is 32.2. The molecule has 4 rings (SSSR count). The molecule has 0 fully saturated rings. The van der Waals surface area contributed by atoms with Gasteiger partial charge in [-0.3, -0.25) is 19.9 Å². The summed E-state index contributed by atoms with van der Waals surface area (Å²) in [6.07, 6.45) is 1.43. The first-order valence-electron chi connectivity index (χ1n) is 11.1. The summed E-state index contributed by atoms with van der Waals surface area (Å²) in [5, 5.41) is 23.9. The summed E-state index contributed by atoms with van der Waals surface area (Å²) >= 11 is 0. The van der Waals surface area contributed by atoms with Crippen molar-refractivity contribution in [3.8, 4) is 34.0 Å². The molecule has 0 atom stereocenters. The molecule has 220 valence electrons. The molecule has 0 bridgehead atoms. The summed E-state index contributed by atoms with van der Waals surface area (Å²) in [5.74, 6) is 1.66. The zero-order valence-electron chi connectivity index (χ0n) is 22.2. The number of rotatable bonds is 4. The summed E-state index contributed by atoms with van der Waals surface area (Å²) in [6.45, 7) is 0. The number of nitrogens with one attached hydrogen (secondary N) is 2. The van der Waals surface area contributed by atoms with Crippen LogP contribution in [0.2, 0.25) is 0 Å². The van der Waals surface area contributed by atoms with Crippen LogP contribution < -0.4 is 27.4 Å². The summed E-state index contributed by atoms with van der Waals surface area (Å²) in [7, 11) is -4.06. The lowest BCUT2D eigenvalue weighted by molar-refractivity contribution is 0.482. The van der Waals surface area contributed by atoms with E-state index in [9.17, 15) is 16.8 Å². The highest BCUT2D eigenvalue weighted by molar-refractivity contribution is 7.85. The number of nitrogens with two attached hydrogens (primary N) is 2. The minimum atomic E-state index is -3.67. The third-order valence-corrected chi connectivity index (χ3v) is 4.54. The molecule has 8 N–H and O–H groups in total. The number of aromatic nitrogens is 6. The molecule has 0 radical (unpaired) electrons. The molecule has 0 spiro atoms. The fraction of sp³-hybridized carbons (Fsp3) is 0.182. The Bertz CT molecular complexity index is 1700. The fourth-order valence-electron chi connectivity index (χ4n) is 2.88. The predicted octanol–water partition coefficient (Wildman–Crippen LogP) is 0.201. The van der Waals surface area contributed by atoms with Crippen molar-refractivity contribution >= 4 is 31.9 Å². The first kappa shape index (κ1) is 32.5. The topological polar surface area (TPSA) is 279 Å². The molecule has 2 aromatic carbocycles. The average Bonchev–Trinajstić information content (AvgIpc) is 2.83. The molecule has 0 aliphatic carbocycles. The number of nitrogen functional groups attached to an aromatic ring is 2. The zero-order chi connectivity index (χ0) is 31.1. The number of hydrogen-bond acceptors (Lipinski definition) is 13. The molecule has 0 saturated carbocycles. The van der Waals surface area contributed by atoms with Gasteiger partial charge < -0.3 is 16.2 Å². The van der Waals surface area contributed by atoms with E-state index in [-0.39, 0.29) is 22.9 Å². The first-order valence-corrected chi connectivity index (χ1v) is 14.8. The SMILES string of the molecule is CS(=O)(=O)O.CS(=O)(=O)O.Cn1nc(-c2ccc(Oc3ccc(-c4nn(C)c(=N)nc4N)cc3)cc2)c(N)nc1=N. The van der Waals surface area contributed by atoms with E-state index in [1.807, 2.05) is 24.3 Å². The van der Waals surface area contributed by atoms with Crippen LogP contribution in [-0.2, 0) is 34.3 Å². The summed E-state index contributed by atoms with van der Waals surface area (Å²) in [6, 6.07) is 14.5. The van der Waals surface area contributed by atoms with Gasteiger partial charge in [-0.2, -0.15) is 37.0 Å². The van der Waals surface area contributed by atoms with E-state index in [1.54, 1.807) is 38.4 Å². The van der Waals surface area contributed by atoms with Gasteiger partial charge in [-0.25, -0.2) is 9.36 Å². The Hall–Kier alpha value is -4.72. The van der Waals surface area contributed by atoms with Crippen molar-refractivity contribution in [3.05, 3.63) is 59.8 Å². The molecule has 2 heterocycles. The highest BCUT2D eigenvalue weighted by Crippen LogP contribution is 2.28. The van der Waals surface area contributed by atoms with Crippen LogP contribution >= 0.6 is 0 Å². The summed E-state index contributed by atoms with van der Waals surface area (Å²) < 4.78 is 60.3. The maximum atomic E-state index is 9.19. The second-order valence-electron chi connectivity index (χ2n) is 8.20. The second-order valence-corrected chi connectivity index (χ2v) is 11.1. The largest absolute Gasteiger partial charge is 0.457 e. The van der Waals surface area contributed by atoms with Gasteiger partial charge in [-0.05, 0) is 48.5 Å². The van der Waals surface area contributed by atoms with Gasteiger partial charge in [0.25, 0.3) is 20.2 Å². The van der Waals surface area contributed by atoms with Crippen LogP contribution in [0.15, 0.2) is 48.5 Å². The Labute approximate surface area is 234 Å². The lowest BCUT2D eigenvalue weighted by Gasteiger charge is -2.10. The molecule has 4 aromatic rings. The van der Waals surface area contributed by atoms with Crippen LogP contribution in [0.25, 0.3) is 22.5 Å². The van der Waals surface area contributed by atoms with Gasteiger partial charge in [0.05, 0.1) is 12.5 Å². The van der Waals surface area contributed by atoms with Crippen molar-refractivity contribution in [1.82, 2.24) is 29.5 Å². The Morgan fingerprint density at radius 3 is 1.22 bits per heavy atom. The first-order chi connectivity index (χ1) is 18.8. The van der Waals surface area contributed by atoms with Crippen molar-refractivity contribution < 1.29 is 30.7 Å². The zero-order valence-corrected chi connectivity index (χ0v) is 23.8. The number of benzene rings is 2. The molecule has 0 aliphatic rings. The fourth-order valence-corrected chi connectivity index (χ4v) is 2.88. The van der Waals surface area contributed by atoms with Crippen LogP contribution in [0.5, 0.6) is 11.5 Å². The van der Waals surface area contributed by atoms with Gasteiger partial charge in [0.2, 0.25) is 11.2 Å².